The van der Waals surface area contributed by atoms with Crippen LogP contribution in [-0.2, 0) is 0 Å². The minimum atomic E-state index is -0.474. The molecule has 154 valence electrons. The van der Waals surface area contributed by atoms with Crippen LogP contribution in [0.3, 0.4) is 0 Å². The standard InChI is InChI=1S/C23H15Cl2N3O3/c1-13-10-15(28(30)31)7-9-20(13)27-23(29)17-12-22(14-6-8-18(24)19(25)11-14)26-21-5-3-2-4-16(17)21/h2-12H,1H3,(H,27,29). The van der Waals surface area contributed by atoms with E-state index < -0.39 is 4.92 Å². The van der Waals surface area contributed by atoms with E-state index in [4.69, 9.17) is 23.2 Å². The van der Waals surface area contributed by atoms with Crippen LogP contribution in [0.15, 0.2) is 66.7 Å². The van der Waals surface area contributed by atoms with Crippen molar-refractivity contribution in [2.45, 2.75) is 6.92 Å². The van der Waals surface area contributed by atoms with Crippen molar-refractivity contribution in [3.05, 3.63) is 98.0 Å². The molecule has 0 spiro atoms. The Morgan fingerprint density at radius 3 is 2.48 bits per heavy atom. The zero-order valence-corrected chi connectivity index (χ0v) is 17.7. The fourth-order valence-electron chi connectivity index (χ4n) is 3.26. The molecule has 1 aromatic heterocycles. The van der Waals surface area contributed by atoms with E-state index in [0.29, 0.717) is 43.5 Å². The molecule has 0 unspecified atom stereocenters. The highest BCUT2D eigenvalue weighted by Gasteiger charge is 2.16. The Morgan fingerprint density at radius 2 is 1.77 bits per heavy atom. The minimum absolute atomic E-state index is 0.0354. The summed E-state index contributed by atoms with van der Waals surface area (Å²) in [6.45, 7) is 1.70. The summed E-state index contributed by atoms with van der Waals surface area (Å²) in [5.41, 5.74) is 3.41. The van der Waals surface area contributed by atoms with Gasteiger partial charge in [0, 0.05) is 28.8 Å². The van der Waals surface area contributed by atoms with Crippen LogP contribution in [-0.4, -0.2) is 15.8 Å². The topological polar surface area (TPSA) is 85.1 Å². The van der Waals surface area contributed by atoms with E-state index in [9.17, 15) is 14.9 Å². The summed E-state index contributed by atoms with van der Waals surface area (Å²) in [6.07, 6.45) is 0. The smallest absolute Gasteiger partial charge is 0.269 e. The van der Waals surface area contributed by atoms with E-state index in [1.165, 1.54) is 18.2 Å². The lowest BCUT2D eigenvalue weighted by atomic mass is 10.0. The average molecular weight is 452 g/mol. The van der Waals surface area contributed by atoms with Gasteiger partial charge >= 0.3 is 0 Å². The molecule has 0 atom stereocenters. The normalized spacial score (nSPS) is 10.8. The zero-order valence-electron chi connectivity index (χ0n) is 16.2. The van der Waals surface area contributed by atoms with Gasteiger partial charge in [0.15, 0.2) is 0 Å². The summed E-state index contributed by atoms with van der Waals surface area (Å²) in [5.74, 6) is -0.350. The second-order valence-corrected chi connectivity index (χ2v) is 7.73. The first-order chi connectivity index (χ1) is 14.8. The predicted molar refractivity (Wildman–Crippen MR) is 123 cm³/mol. The molecule has 0 bridgehead atoms. The van der Waals surface area contributed by atoms with Crippen molar-refractivity contribution in [3.8, 4) is 11.3 Å². The number of hydrogen-bond acceptors (Lipinski definition) is 4. The van der Waals surface area contributed by atoms with E-state index >= 15 is 0 Å². The van der Waals surface area contributed by atoms with Crippen molar-refractivity contribution >= 4 is 51.4 Å². The molecule has 0 aliphatic rings. The molecule has 1 heterocycles. The number of nitro benzene ring substituents is 1. The quantitative estimate of drug-likeness (QED) is 0.277. The van der Waals surface area contributed by atoms with Gasteiger partial charge in [-0.15, -0.1) is 0 Å². The predicted octanol–water partition coefficient (Wildman–Crippen LogP) is 6.68. The minimum Gasteiger partial charge on any atom is -0.322 e. The Morgan fingerprint density at radius 1 is 1.00 bits per heavy atom. The maximum absolute atomic E-state index is 13.2. The number of aryl methyl sites for hydroxylation is 1. The number of carbonyl (C=O) groups is 1. The number of nitrogens with one attached hydrogen (secondary N) is 1. The number of amides is 1. The number of carbonyl (C=O) groups excluding carboxylic acids is 1. The third-order valence-corrected chi connectivity index (χ3v) is 5.58. The number of fused-ring (bicyclic) bond motifs is 1. The first-order valence-corrected chi connectivity index (χ1v) is 10.0. The van der Waals surface area contributed by atoms with Gasteiger partial charge in [0.2, 0.25) is 0 Å². The highest BCUT2D eigenvalue weighted by Crippen LogP contribution is 2.31. The first-order valence-electron chi connectivity index (χ1n) is 9.25. The van der Waals surface area contributed by atoms with E-state index in [1.54, 1.807) is 31.2 Å². The molecule has 0 aliphatic heterocycles. The number of benzene rings is 3. The molecular weight excluding hydrogens is 437 g/mol. The van der Waals surface area contributed by atoms with Crippen LogP contribution < -0.4 is 5.32 Å². The highest BCUT2D eigenvalue weighted by molar-refractivity contribution is 6.42. The molecule has 0 saturated heterocycles. The van der Waals surface area contributed by atoms with Crippen LogP contribution in [0.5, 0.6) is 0 Å². The van der Waals surface area contributed by atoms with Crippen molar-refractivity contribution in [2.24, 2.45) is 0 Å². The SMILES string of the molecule is Cc1cc([N+](=O)[O-])ccc1NC(=O)c1cc(-c2ccc(Cl)c(Cl)c2)nc2ccccc12. The number of para-hydroxylation sites is 1. The third kappa shape index (κ3) is 4.21. The van der Waals surface area contributed by atoms with E-state index in [2.05, 4.69) is 10.3 Å². The molecule has 0 saturated carbocycles. The molecule has 0 fully saturated rings. The van der Waals surface area contributed by atoms with Crippen LogP contribution in [0.25, 0.3) is 22.2 Å². The number of halogens is 2. The Bertz CT molecular complexity index is 1360. The summed E-state index contributed by atoms with van der Waals surface area (Å²) in [6, 6.07) is 18.5. The van der Waals surface area contributed by atoms with Crippen LogP contribution in [0.2, 0.25) is 10.0 Å². The zero-order chi connectivity index (χ0) is 22.1. The van der Waals surface area contributed by atoms with Gasteiger partial charge in [-0.1, -0.05) is 47.5 Å². The van der Waals surface area contributed by atoms with E-state index in [0.717, 1.165) is 5.56 Å². The van der Waals surface area contributed by atoms with Crippen molar-refractivity contribution in [3.63, 3.8) is 0 Å². The van der Waals surface area contributed by atoms with E-state index in [-0.39, 0.29) is 11.6 Å². The molecule has 8 heteroatoms. The summed E-state index contributed by atoms with van der Waals surface area (Å²) in [4.78, 5) is 28.3. The number of rotatable bonds is 4. The van der Waals surface area contributed by atoms with Gasteiger partial charge < -0.3 is 5.32 Å². The summed E-state index contributed by atoms with van der Waals surface area (Å²) >= 11 is 12.2. The molecule has 0 aliphatic carbocycles. The Balaban J connectivity index is 1.78. The number of non-ortho nitro benzene ring substituents is 1. The summed E-state index contributed by atoms with van der Waals surface area (Å²) in [5, 5.41) is 15.3. The number of nitrogens with zero attached hydrogens (tertiary/aromatic N) is 2. The lowest BCUT2D eigenvalue weighted by Gasteiger charge is -2.12. The fraction of sp³-hybridized carbons (Fsp3) is 0.0435. The fourth-order valence-corrected chi connectivity index (χ4v) is 3.56. The summed E-state index contributed by atoms with van der Waals surface area (Å²) in [7, 11) is 0. The van der Waals surface area contributed by atoms with Gasteiger partial charge in [-0.05, 0) is 42.8 Å². The molecule has 4 aromatic rings. The monoisotopic (exact) mass is 451 g/mol. The Labute approximate surface area is 187 Å². The maximum Gasteiger partial charge on any atom is 0.269 e. The molecular formula is C23H15Cl2N3O3. The van der Waals surface area contributed by atoms with Crippen LogP contribution in [0.4, 0.5) is 11.4 Å². The molecule has 6 nitrogen and oxygen atoms in total. The van der Waals surface area contributed by atoms with Gasteiger partial charge in [-0.3, -0.25) is 14.9 Å². The van der Waals surface area contributed by atoms with Gasteiger partial charge in [0.1, 0.15) is 0 Å². The van der Waals surface area contributed by atoms with Gasteiger partial charge in [-0.25, -0.2) is 4.98 Å². The molecule has 31 heavy (non-hydrogen) atoms. The Kier molecular flexibility index (Phi) is 5.59. The van der Waals surface area contributed by atoms with E-state index in [1.807, 2.05) is 24.3 Å². The largest absolute Gasteiger partial charge is 0.322 e. The number of aromatic nitrogens is 1. The van der Waals surface area contributed by atoms with Gasteiger partial charge in [0.25, 0.3) is 11.6 Å². The third-order valence-electron chi connectivity index (χ3n) is 4.85. The molecule has 4 rings (SSSR count). The lowest BCUT2D eigenvalue weighted by Crippen LogP contribution is -2.14. The first kappa shape index (κ1) is 20.8. The highest BCUT2D eigenvalue weighted by atomic mass is 35.5. The van der Waals surface area contributed by atoms with Crippen molar-refractivity contribution in [1.82, 2.24) is 4.98 Å². The maximum atomic E-state index is 13.2. The molecule has 0 radical (unpaired) electrons. The van der Waals surface area contributed by atoms with Crippen molar-refractivity contribution in [2.75, 3.05) is 5.32 Å². The molecule has 1 amide bonds. The van der Waals surface area contributed by atoms with Crippen LogP contribution >= 0.6 is 23.2 Å². The van der Waals surface area contributed by atoms with Crippen LogP contribution in [0, 0.1) is 17.0 Å². The summed E-state index contributed by atoms with van der Waals surface area (Å²) < 4.78 is 0. The number of anilines is 1. The number of nitro groups is 1. The lowest BCUT2D eigenvalue weighted by molar-refractivity contribution is -0.384. The van der Waals surface area contributed by atoms with Gasteiger partial charge in [-0.2, -0.15) is 0 Å². The molecule has 3 aromatic carbocycles. The van der Waals surface area contributed by atoms with Crippen molar-refractivity contribution in [1.29, 1.82) is 0 Å². The number of pyridine rings is 1. The van der Waals surface area contributed by atoms with Crippen molar-refractivity contribution < 1.29 is 9.72 Å². The second-order valence-electron chi connectivity index (χ2n) is 6.91. The van der Waals surface area contributed by atoms with Crippen LogP contribution in [0.1, 0.15) is 15.9 Å². The average Bonchev–Trinajstić information content (AvgIpc) is 2.76. The van der Waals surface area contributed by atoms with Gasteiger partial charge in [0.05, 0.1) is 31.7 Å². The number of hydrogen-bond donors (Lipinski definition) is 1. The second kappa shape index (κ2) is 8.34. The molecule has 1 N–H and O–H groups in total. The Hall–Kier alpha value is -3.48.